The maximum Gasteiger partial charge on any atom is 0.0722 e. The first kappa shape index (κ1) is 16.1. The molecule has 0 aliphatic rings. The first-order valence-corrected chi connectivity index (χ1v) is 12.9. The zero-order valence-electron chi connectivity index (χ0n) is 12.4. The largest absolute Gasteiger partial charge is 0.320 e. The van der Waals surface area contributed by atoms with Gasteiger partial charge in [-0.05, 0) is 23.8 Å². The van der Waals surface area contributed by atoms with Crippen LogP contribution in [-0.2, 0) is 0 Å². The lowest BCUT2D eigenvalue weighted by Gasteiger charge is -2.37. The van der Waals surface area contributed by atoms with Gasteiger partial charge in [-0.25, -0.2) is 0 Å². The van der Waals surface area contributed by atoms with Gasteiger partial charge in [-0.1, -0.05) is 47.0 Å². The predicted molar refractivity (Wildman–Crippen MR) is 82.6 cm³/mol. The van der Waals surface area contributed by atoms with Crippen molar-refractivity contribution in [3.63, 3.8) is 0 Å². The van der Waals surface area contributed by atoms with Crippen molar-refractivity contribution in [2.75, 3.05) is 12.7 Å². The Morgan fingerprint density at radius 3 is 2.00 bits per heavy atom. The average molecular weight is 258 g/mol. The molecule has 0 aliphatic carbocycles. The second-order valence-corrected chi connectivity index (χ2v) is 17.8. The zero-order chi connectivity index (χ0) is 13.0. The van der Waals surface area contributed by atoms with Gasteiger partial charge in [-0.2, -0.15) is 0 Å². The van der Waals surface area contributed by atoms with E-state index in [4.69, 9.17) is 0 Å². The summed E-state index contributed by atoms with van der Waals surface area (Å²) in [5.74, 6) is 0. The topological polar surface area (TPSA) is 12.0 Å². The summed E-state index contributed by atoms with van der Waals surface area (Å²) in [6.07, 6.45) is 1.23. The molecule has 0 aromatic heterocycles. The third-order valence-electron chi connectivity index (χ3n) is 4.10. The van der Waals surface area contributed by atoms with Crippen molar-refractivity contribution >= 4 is 16.1 Å². The van der Waals surface area contributed by atoms with Crippen LogP contribution < -0.4 is 5.32 Å². The molecule has 0 radical (unpaired) electrons. The summed E-state index contributed by atoms with van der Waals surface area (Å²) in [5.41, 5.74) is 2.20. The zero-order valence-corrected chi connectivity index (χ0v) is 14.4. The van der Waals surface area contributed by atoms with Gasteiger partial charge in [0.15, 0.2) is 0 Å². The molecule has 0 aromatic carbocycles. The summed E-state index contributed by atoms with van der Waals surface area (Å²) < 4.78 is 0. The molecule has 0 saturated heterocycles. The van der Waals surface area contributed by atoms with Crippen LogP contribution in [0.4, 0.5) is 0 Å². The highest BCUT2D eigenvalue weighted by atomic mass is 28.3. The molecule has 0 fully saturated rings. The van der Waals surface area contributed by atoms with E-state index in [1.807, 2.05) is 0 Å². The summed E-state index contributed by atoms with van der Waals surface area (Å²) in [6, 6.07) is 1.31. The molecule has 0 saturated carbocycles. The molecule has 3 heteroatoms. The minimum Gasteiger partial charge on any atom is -0.320 e. The molecule has 0 unspecified atom stereocenters. The summed E-state index contributed by atoms with van der Waals surface area (Å²) in [4.78, 5) is 0. The Morgan fingerprint density at radius 1 is 1.12 bits per heavy atom. The lowest BCUT2D eigenvalue weighted by atomic mass is 10.2. The van der Waals surface area contributed by atoms with E-state index >= 15 is 0 Å². The summed E-state index contributed by atoms with van der Waals surface area (Å²) in [5, 5.41) is 4.16. The maximum absolute atomic E-state index is 3.94. The van der Waals surface area contributed by atoms with Crippen LogP contribution in [0.2, 0.25) is 37.3 Å². The van der Waals surface area contributed by atoms with Crippen LogP contribution in [-0.4, -0.2) is 28.9 Å². The minimum atomic E-state index is -1.13. The minimum absolute atomic E-state index is 0.491. The first-order chi connectivity index (χ1) is 7.02. The van der Waals surface area contributed by atoms with E-state index in [0.29, 0.717) is 5.04 Å². The smallest absolute Gasteiger partial charge is 0.0722 e. The number of hydrogen-bond donors (Lipinski definition) is 1. The van der Waals surface area contributed by atoms with Crippen molar-refractivity contribution in [1.29, 1.82) is 0 Å². The molecule has 0 atom stereocenters. The van der Waals surface area contributed by atoms with Crippen molar-refractivity contribution in [2.45, 2.75) is 58.0 Å². The van der Waals surface area contributed by atoms with Gasteiger partial charge in [0.05, 0.1) is 16.1 Å². The quantitative estimate of drug-likeness (QED) is 0.559. The fraction of sp³-hybridized carbons (Fsp3) is 0.846. The number of hydrogen-bond acceptors (Lipinski definition) is 1. The molecule has 0 amide bonds. The van der Waals surface area contributed by atoms with Gasteiger partial charge in [0.2, 0.25) is 0 Å². The molecule has 0 aromatic rings. The standard InChI is InChI=1S/C13H31NSi2/c1-9-15(5,6)11-10-14-12-16(7,8)13(2,3)4/h9,14H,1,10-12H2,2-8H3. The summed E-state index contributed by atoms with van der Waals surface area (Å²) >= 11 is 0. The van der Waals surface area contributed by atoms with Crippen molar-refractivity contribution in [3.05, 3.63) is 12.3 Å². The summed E-state index contributed by atoms with van der Waals surface area (Å²) in [7, 11) is -2.24. The Kier molecular flexibility index (Phi) is 5.70. The van der Waals surface area contributed by atoms with Crippen LogP contribution in [0.1, 0.15) is 20.8 Å². The Labute approximate surface area is 105 Å². The molecular formula is C13H31NSi2. The van der Waals surface area contributed by atoms with Gasteiger partial charge in [0, 0.05) is 0 Å². The molecule has 96 valence electrons. The maximum atomic E-state index is 3.94. The van der Waals surface area contributed by atoms with Gasteiger partial charge < -0.3 is 5.32 Å². The highest BCUT2D eigenvalue weighted by molar-refractivity contribution is 6.82. The second kappa shape index (κ2) is 5.65. The second-order valence-electron chi connectivity index (χ2n) is 7.25. The van der Waals surface area contributed by atoms with Crippen molar-refractivity contribution in [2.24, 2.45) is 0 Å². The predicted octanol–water partition coefficient (Wildman–Crippen LogP) is 4.06. The molecule has 0 spiro atoms. The third-order valence-corrected chi connectivity index (χ3v) is 11.9. The lowest BCUT2D eigenvalue weighted by Crippen LogP contribution is -2.48. The third kappa shape index (κ3) is 5.46. The van der Waals surface area contributed by atoms with Crippen LogP contribution in [0.15, 0.2) is 12.3 Å². The van der Waals surface area contributed by atoms with Gasteiger partial charge in [-0.3, -0.25) is 0 Å². The van der Waals surface area contributed by atoms with E-state index in [0.717, 1.165) is 6.54 Å². The Bertz CT molecular complexity index is 227. The fourth-order valence-corrected chi connectivity index (χ4v) is 3.54. The monoisotopic (exact) mass is 257 g/mol. The SMILES string of the molecule is C=C[Si](C)(C)CCNC[Si](C)(C)C(C)(C)C. The highest BCUT2D eigenvalue weighted by Crippen LogP contribution is 2.35. The molecule has 1 N–H and O–H groups in total. The average Bonchev–Trinajstić information content (AvgIpc) is 2.11. The molecular weight excluding hydrogens is 226 g/mol. The van der Waals surface area contributed by atoms with Gasteiger partial charge in [0.1, 0.15) is 0 Å². The summed E-state index contributed by atoms with van der Waals surface area (Å²) in [6.45, 7) is 22.0. The van der Waals surface area contributed by atoms with E-state index in [1.54, 1.807) is 0 Å². The fourth-order valence-electron chi connectivity index (χ4n) is 1.18. The number of rotatable bonds is 6. The first-order valence-electron chi connectivity index (χ1n) is 6.36. The van der Waals surface area contributed by atoms with Crippen molar-refractivity contribution in [3.8, 4) is 0 Å². The number of nitrogens with one attached hydrogen (secondary N) is 1. The van der Waals surface area contributed by atoms with Gasteiger partial charge >= 0.3 is 0 Å². The molecule has 0 bridgehead atoms. The van der Waals surface area contributed by atoms with Crippen LogP contribution in [0.3, 0.4) is 0 Å². The van der Waals surface area contributed by atoms with Crippen LogP contribution in [0, 0.1) is 0 Å². The molecule has 0 heterocycles. The van der Waals surface area contributed by atoms with Crippen LogP contribution in [0.5, 0.6) is 0 Å². The van der Waals surface area contributed by atoms with Crippen molar-refractivity contribution in [1.82, 2.24) is 5.32 Å². The van der Waals surface area contributed by atoms with Gasteiger partial charge in [-0.15, -0.1) is 12.3 Å². The molecule has 0 rings (SSSR count). The molecule has 0 aliphatic heterocycles. The van der Waals surface area contributed by atoms with E-state index < -0.39 is 16.1 Å². The Balaban J connectivity index is 3.96. The van der Waals surface area contributed by atoms with E-state index in [9.17, 15) is 0 Å². The van der Waals surface area contributed by atoms with E-state index in [2.05, 4.69) is 64.6 Å². The Hall–Kier alpha value is 0.134. The highest BCUT2D eigenvalue weighted by Gasteiger charge is 2.34. The molecule has 1 nitrogen and oxygen atoms in total. The Morgan fingerprint density at radius 2 is 1.62 bits per heavy atom. The van der Waals surface area contributed by atoms with Crippen molar-refractivity contribution < 1.29 is 0 Å². The lowest BCUT2D eigenvalue weighted by molar-refractivity contribution is 0.691. The van der Waals surface area contributed by atoms with E-state index in [1.165, 1.54) is 12.2 Å². The van der Waals surface area contributed by atoms with Gasteiger partial charge in [0.25, 0.3) is 0 Å². The normalized spacial score (nSPS) is 13.9. The van der Waals surface area contributed by atoms with Crippen LogP contribution in [0.25, 0.3) is 0 Å². The molecule has 16 heavy (non-hydrogen) atoms. The van der Waals surface area contributed by atoms with E-state index in [-0.39, 0.29) is 0 Å². The van der Waals surface area contributed by atoms with Crippen LogP contribution >= 0.6 is 0 Å².